The predicted molar refractivity (Wildman–Crippen MR) is 86.3 cm³/mol. The number of anilines is 1. The van der Waals surface area contributed by atoms with Crippen LogP contribution in [0.2, 0.25) is 0 Å². The zero-order valence-electron chi connectivity index (χ0n) is 12.6. The van der Waals surface area contributed by atoms with Gasteiger partial charge in [-0.05, 0) is 19.1 Å². The molecule has 1 aliphatic heterocycles. The van der Waals surface area contributed by atoms with E-state index in [2.05, 4.69) is 15.2 Å². The van der Waals surface area contributed by atoms with Gasteiger partial charge in [-0.2, -0.15) is 0 Å². The Bertz CT molecular complexity index is 577. The number of carbonyl (C=O) groups is 1. The predicted octanol–water partition coefficient (Wildman–Crippen LogP) is 2.20. The molecule has 0 aliphatic carbocycles. The van der Waals surface area contributed by atoms with Gasteiger partial charge in [0.15, 0.2) is 5.13 Å². The minimum Gasteiger partial charge on any atom is -0.469 e. The summed E-state index contributed by atoms with van der Waals surface area (Å²) in [7, 11) is 0. The second kappa shape index (κ2) is 6.83. The number of hydrogen-bond acceptors (Lipinski definition) is 5. The third kappa shape index (κ3) is 3.59. The number of urea groups is 1. The number of rotatable bonds is 4. The molecule has 0 spiro atoms. The van der Waals surface area contributed by atoms with E-state index in [0.29, 0.717) is 6.42 Å². The minimum absolute atomic E-state index is 0.00200. The highest BCUT2D eigenvalue weighted by atomic mass is 32.1. The molecular formula is C15H20N4O2S. The van der Waals surface area contributed by atoms with Crippen molar-refractivity contribution in [3.8, 4) is 0 Å². The summed E-state index contributed by atoms with van der Waals surface area (Å²) in [6, 6.07) is 3.84. The van der Waals surface area contributed by atoms with Crippen LogP contribution >= 0.6 is 11.3 Å². The summed E-state index contributed by atoms with van der Waals surface area (Å²) in [6.07, 6.45) is 4.18. The lowest BCUT2D eigenvalue weighted by Crippen LogP contribution is -2.53. The van der Waals surface area contributed by atoms with Crippen molar-refractivity contribution in [1.82, 2.24) is 15.2 Å². The molecule has 118 valence electrons. The van der Waals surface area contributed by atoms with Crippen molar-refractivity contribution in [1.29, 1.82) is 0 Å². The van der Waals surface area contributed by atoms with Crippen LogP contribution in [0.15, 0.2) is 34.4 Å². The number of aromatic nitrogens is 1. The summed E-state index contributed by atoms with van der Waals surface area (Å²) in [4.78, 5) is 20.7. The summed E-state index contributed by atoms with van der Waals surface area (Å²) in [5, 5.41) is 6.04. The molecule has 1 aliphatic rings. The van der Waals surface area contributed by atoms with Gasteiger partial charge in [-0.25, -0.2) is 9.78 Å². The molecule has 2 amide bonds. The van der Waals surface area contributed by atoms with Gasteiger partial charge in [0.05, 0.1) is 6.26 Å². The largest absolute Gasteiger partial charge is 0.469 e. The van der Waals surface area contributed by atoms with E-state index in [4.69, 9.17) is 4.42 Å². The molecule has 0 aromatic carbocycles. The van der Waals surface area contributed by atoms with Gasteiger partial charge in [0.1, 0.15) is 5.76 Å². The molecule has 1 fully saturated rings. The second-order valence-electron chi connectivity index (χ2n) is 5.42. The SMILES string of the molecule is CC(Cc1ccco1)NC(=O)N1CCN(c2nccs2)CC1. The quantitative estimate of drug-likeness (QED) is 0.938. The smallest absolute Gasteiger partial charge is 0.317 e. The highest BCUT2D eigenvalue weighted by Crippen LogP contribution is 2.18. The van der Waals surface area contributed by atoms with E-state index in [0.717, 1.165) is 37.1 Å². The Labute approximate surface area is 133 Å². The Hall–Kier alpha value is -2.02. The molecule has 0 bridgehead atoms. The van der Waals surface area contributed by atoms with Crippen LogP contribution in [0.4, 0.5) is 9.93 Å². The summed E-state index contributed by atoms with van der Waals surface area (Å²) >= 11 is 1.64. The first-order chi connectivity index (χ1) is 10.7. The van der Waals surface area contributed by atoms with E-state index in [9.17, 15) is 4.79 Å². The molecule has 1 unspecified atom stereocenters. The average molecular weight is 320 g/mol. The fourth-order valence-electron chi connectivity index (χ4n) is 2.56. The Balaban J connectivity index is 1.45. The molecule has 0 saturated carbocycles. The minimum atomic E-state index is -0.00200. The molecule has 6 nitrogen and oxygen atoms in total. The Morgan fingerprint density at radius 2 is 2.27 bits per heavy atom. The number of hydrogen-bond donors (Lipinski definition) is 1. The van der Waals surface area contributed by atoms with Crippen molar-refractivity contribution >= 4 is 22.5 Å². The number of amides is 2. The first kappa shape index (κ1) is 14.9. The fourth-order valence-corrected chi connectivity index (χ4v) is 3.25. The van der Waals surface area contributed by atoms with E-state index in [1.54, 1.807) is 17.6 Å². The molecule has 1 saturated heterocycles. The Kier molecular flexibility index (Phi) is 4.62. The van der Waals surface area contributed by atoms with E-state index < -0.39 is 0 Å². The van der Waals surface area contributed by atoms with Crippen LogP contribution in [-0.4, -0.2) is 48.1 Å². The molecule has 2 aromatic heterocycles. The van der Waals surface area contributed by atoms with Crippen molar-refractivity contribution in [3.05, 3.63) is 35.7 Å². The lowest BCUT2D eigenvalue weighted by molar-refractivity contribution is 0.190. The van der Waals surface area contributed by atoms with E-state index >= 15 is 0 Å². The van der Waals surface area contributed by atoms with Gasteiger partial charge in [-0.1, -0.05) is 0 Å². The van der Waals surface area contributed by atoms with Gasteiger partial charge in [-0.3, -0.25) is 0 Å². The van der Waals surface area contributed by atoms with Gasteiger partial charge in [0.25, 0.3) is 0 Å². The van der Waals surface area contributed by atoms with Crippen LogP contribution in [0.1, 0.15) is 12.7 Å². The van der Waals surface area contributed by atoms with Crippen LogP contribution in [0.25, 0.3) is 0 Å². The molecular weight excluding hydrogens is 300 g/mol. The maximum Gasteiger partial charge on any atom is 0.317 e. The summed E-state index contributed by atoms with van der Waals surface area (Å²) in [5.41, 5.74) is 0. The van der Waals surface area contributed by atoms with Gasteiger partial charge < -0.3 is 19.5 Å². The maximum absolute atomic E-state index is 12.3. The molecule has 22 heavy (non-hydrogen) atoms. The topological polar surface area (TPSA) is 61.6 Å². The molecule has 3 heterocycles. The molecule has 7 heteroatoms. The average Bonchev–Trinajstić information content (AvgIpc) is 3.20. The standard InChI is InChI=1S/C15H20N4O2S/c1-12(11-13-3-2-9-21-13)17-14(20)18-5-7-19(8-6-18)15-16-4-10-22-15/h2-4,9-10,12H,5-8,11H2,1H3,(H,17,20). The summed E-state index contributed by atoms with van der Waals surface area (Å²) in [5.74, 6) is 0.890. The molecule has 2 aromatic rings. The van der Waals surface area contributed by atoms with Crippen LogP contribution in [0, 0.1) is 0 Å². The lowest BCUT2D eigenvalue weighted by Gasteiger charge is -2.35. The number of thiazole rings is 1. The highest BCUT2D eigenvalue weighted by molar-refractivity contribution is 7.13. The first-order valence-electron chi connectivity index (χ1n) is 7.44. The van der Waals surface area contributed by atoms with E-state index in [-0.39, 0.29) is 12.1 Å². The van der Waals surface area contributed by atoms with Gasteiger partial charge in [0, 0.05) is 50.2 Å². The monoisotopic (exact) mass is 320 g/mol. The van der Waals surface area contributed by atoms with Crippen LogP contribution in [0.5, 0.6) is 0 Å². The molecule has 1 N–H and O–H groups in total. The van der Waals surface area contributed by atoms with Crippen molar-refractivity contribution in [2.75, 3.05) is 31.1 Å². The van der Waals surface area contributed by atoms with E-state index in [1.165, 1.54) is 0 Å². The third-order valence-corrected chi connectivity index (χ3v) is 4.55. The van der Waals surface area contributed by atoms with Gasteiger partial charge in [-0.15, -0.1) is 11.3 Å². The van der Waals surface area contributed by atoms with Gasteiger partial charge in [0.2, 0.25) is 0 Å². The van der Waals surface area contributed by atoms with E-state index in [1.807, 2.05) is 35.5 Å². The lowest BCUT2D eigenvalue weighted by atomic mass is 10.2. The first-order valence-corrected chi connectivity index (χ1v) is 8.32. The number of furan rings is 1. The van der Waals surface area contributed by atoms with Crippen LogP contribution in [-0.2, 0) is 6.42 Å². The zero-order valence-corrected chi connectivity index (χ0v) is 13.4. The molecule has 3 rings (SSSR count). The molecule has 0 radical (unpaired) electrons. The second-order valence-corrected chi connectivity index (χ2v) is 6.30. The summed E-state index contributed by atoms with van der Waals surface area (Å²) < 4.78 is 5.31. The van der Waals surface area contributed by atoms with Crippen LogP contribution in [0.3, 0.4) is 0 Å². The number of nitrogens with one attached hydrogen (secondary N) is 1. The number of nitrogens with zero attached hydrogens (tertiary/aromatic N) is 3. The number of carbonyl (C=O) groups excluding carboxylic acids is 1. The van der Waals surface area contributed by atoms with Crippen LogP contribution < -0.4 is 10.2 Å². The normalized spacial score (nSPS) is 16.6. The van der Waals surface area contributed by atoms with Crippen molar-refractivity contribution in [2.24, 2.45) is 0 Å². The fraction of sp³-hybridized carbons (Fsp3) is 0.467. The Morgan fingerprint density at radius 3 is 2.91 bits per heavy atom. The third-order valence-electron chi connectivity index (χ3n) is 3.71. The Morgan fingerprint density at radius 1 is 1.45 bits per heavy atom. The molecule has 1 atom stereocenters. The zero-order chi connectivity index (χ0) is 15.4. The van der Waals surface area contributed by atoms with Gasteiger partial charge >= 0.3 is 6.03 Å². The maximum atomic E-state index is 12.3. The van der Waals surface area contributed by atoms with Crippen molar-refractivity contribution < 1.29 is 9.21 Å². The highest BCUT2D eigenvalue weighted by Gasteiger charge is 2.23. The summed E-state index contributed by atoms with van der Waals surface area (Å²) in [6.45, 7) is 5.09. The number of piperazine rings is 1. The van der Waals surface area contributed by atoms with Crippen molar-refractivity contribution in [3.63, 3.8) is 0 Å². The van der Waals surface area contributed by atoms with Crippen molar-refractivity contribution in [2.45, 2.75) is 19.4 Å².